The molecule has 0 spiro atoms. The van der Waals surface area contributed by atoms with Crippen LogP contribution in [0.15, 0.2) is 18.2 Å². The minimum absolute atomic E-state index is 0.209. The number of hydrogen-bond donors (Lipinski definition) is 2. The molecule has 2 aliphatic heterocycles. The lowest BCUT2D eigenvalue weighted by atomic mass is 10.1. The molecule has 2 aromatic rings. The fourth-order valence-electron chi connectivity index (χ4n) is 5.07. The molecule has 0 amide bonds. The first-order valence-electron chi connectivity index (χ1n) is 11.8. The summed E-state index contributed by atoms with van der Waals surface area (Å²) in [6, 6.07) is 5.71. The van der Waals surface area contributed by atoms with Gasteiger partial charge in [0.1, 0.15) is 0 Å². The van der Waals surface area contributed by atoms with Gasteiger partial charge in [-0.05, 0) is 37.8 Å². The van der Waals surface area contributed by atoms with Crippen LogP contribution in [0.3, 0.4) is 0 Å². The molecule has 1 aromatic heterocycles. The van der Waals surface area contributed by atoms with E-state index in [0.717, 1.165) is 32.6 Å². The maximum absolute atomic E-state index is 14.2. The number of methoxy groups -OCH3 is 1. The first-order valence-corrected chi connectivity index (χ1v) is 11.8. The van der Waals surface area contributed by atoms with Gasteiger partial charge in [-0.25, -0.2) is 4.39 Å². The molecule has 1 atom stereocenters. The first-order chi connectivity index (χ1) is 15.7. The molecule has 0 radical (unpaired) electrons. The number of anilines is 4. The third-order valence-electron chi connectivity index (χ3n) is 6.79. The average Bonchev–Trinajstić information content (AvgIpc) is 3.29. The van der Waals surface area contributed by atoms with Crippen LogP contribution in [-0.4, -0.2) is 58.8 Å². The number of hydrogen-bond acceptors (Lipinski definition) is 8. The van der Waals surface area contributed by atoms with Crippen LogP contribution >= 0.6 is 0 Å². The van der Waals surface area contributed by atoms with Gasteiger partial charge in [0.15, 0.2) is 11.6 Å². The van der Waals surface area contributed by atoms with Gasteiger partial charge in [0.2, 0.25) is 17.8 Å². The van der Waals surface area contributed by atoms with Gasteiger partial charge >= 0.3 is 0 Å². The Morgan fingerprint density at radius 3 is 2.56 bits per heavy atom. The van der Waals surface area contributed by atoms with Crippen molar-refractivity contribution in [1.29, 1.82) is 0 Å². The molecular formula is C23H32FN7O. The van der Waals surface area contributed by atoms with Gasteiger partial charge < -0.3 is 20.3 Å². The van der Waals surface area contributed by atoms with Crippen LogP contribution in [0.4, 0.5) is 27.9 Å². The van der Waals surface area contributed by atoms with Gasteiger partial charge in [0.05, 0.1) is 13.8 Å². The second kappa shape index (κ2) is 9.44. The van der Waals surface area contributed by atoms with Gasteiger partial charge in [-0.15, -0.1) is 0 Å². The first kappa shape index (κ1) is 21.2. The van der Waals surface area contributed by atoms with E-state index in [1.807, 2.05) is 0 Å². The highest BCUT2D eigenvalue weighted by atomic mass is 19.1. The Morgan fingerprint density at radius 1 is 1.00 bits per heavy atom. The van der Waals surface area contributed by atoms with Crippen LogP contribution < -0.4 is 20.3 Å². The second-order valence-electron chi connectivity index (χ2n) is 9.06. The largest absolute Gasteiger partial charge is 0.494 e. The summed E-state index contributed by atoms with van der Waals surface area (Å²) in [5, 5.41) is 6.72. The maximum atomic E-state index is 14.2. The quantitative estimate of drug-likeness (QED) is 0.648. The average molecular weight is 442 g/mol. The highest BCUT2D eigenvalue weighted by Crippen LogP contribution is 2.29. The van der Waals surface area contributed by atoms with Crippen molar-refractivity contribution in [3.63, 3.8) is 0 Å². The number of rotatable bonds is 6. The number of benzene rings is 1. The summed E-state index contributed by atoms with van der Waals surface area (Å²) in [5.74, 6) is 1.46. The lowest BCUT2D eigenvalue weighted by molar-refractivity contribution is 0.330. The summed E-state index contributed by atoms with van der Waals surface area (Å²) in [4.78, 5) is 18.8. The van der Waals surface area contributed by atoms with Crippen molar-refractivity contribution in [2.24, 2.45) is 0 Å². The molecule has 5 rings (SSSR count). The van der Waals surface area contributed by atoms with E-state index >= 15 is 0 Å². The molecule has 2 saturated heterocycles. The predicted molar refractivity (Wildman–Crippen MR) is 123 cm³/mol. The highest BCUT2D eigenvalue weighted by molar-refractivity contribution is 5.57. The van der Waals surface area contributed by atoms with E-state index in [2.05, 4.69) is 25.4 Å². The molecule has 3 fully saturated rings. The van der Waals surface area contributed by atoms with E-state index in [1.54, 1.807) is 12.1 Å². The second-order valence-corrected chi connectivity index (χ2v) is 9.06. The van der Waals surface area contributed by atoms with Gasteiger partial charge in [0.25, 0.3) is 0 Å². The van der Waals surface area contributed by atoms with Crippen molar-refractivity contribution >= 4 is 23.5 Å². The molecule has 32 heavy (non-hydrogen) atoms. The Morgan fingerprint density at radius 2 is 1.81 bits per heavy atom. The number of ether oxygens (including phenoxy) is 1. The zero-order valence-corrected chi connectivity index (χ0v) is 18.7. The van der Waals surface area contributed by atoms with Gasteiger partial charge in [-0.1, -0.05) is 25.7 Å². The molecule has 1 saturated carbocycles. The fraction of sp³-hybridized carbons (Fsp3) is 0.609. The van der Waals surface area contributed by atoms with Crippen molar-refractivity contribution in [3.8, 4) is 5.75 Å². The molecule has 9 heteroatoms. The maximum Gasteiger partial charge on any atom is 0.233 e. The van der Waals surface area contributed by atoms with Crippen LogP contribution in [0, 0.1) is 5.82 Å². The minimum Gasteiger partial charge on any atom is -0.494 e. The van der Waals surface area contributed by atoms with Crippen molar-refractivity contribution in [1.82, 2.24) is 19.9 Å². The highest BCUT2D eigenvalue weighted by Gasteiger charge is 2.35. The lowest BCUT2D eigenvalue weighted by Crippen LogP contribution is -2.28. The monoisotopic (exact) mass is 441 g/mol. The van der Waals surface area contributed by atoms with Crippen molar-refractivity contribution in [2.75, 3.05) is 42.4 Å². The summed E-state index contributed by atoms with van der Waals surface area (Å²) in [6.07, 6.45) is 9.80. The van der Waals surface area contributed by atoms with E-state index in [9.17, 15) is 4.39 Å². The fourth-order valence-corrected chi connectivity index (χ4v) is 5.07. The molecule has 1 aromatic carbocycles. The molecule has 172 valence electrons. The molecular weight excluding hydrogens is 409 g/mol. The molecule has 1 unspecified atom stereocenters. The Balaban J connectivity index is 1.40. The number of nitrogens with zero attached hydrogens (tertiary/aromatic N) is 5. The standard InChI is InChI=1S/C23H32FN7O/c1-32-20-11-10-17(13-19(20)24)26-22-27-21(25-16-7-4-2-3-5-8-16)28-23(29-22)31-14-18-9-6-12-30(18)15-31/h10-11,13,16,18H,2-9,12,14-15H2,1H3,(H2,25,26,27,28,29). The van der Waals surface area contributed by atoms with E-state index in [4.69, 9.17) is 14.7 Å². The van der Waals surface area contributed by atoms with Gasteiger partial charge in [-0.3, -0.25) is 4.90 Å². The molecule has 8 nitrogen and oxygen atoms in total. The molecule has 1 aliphatic carbocycles. The van der Waals surface area contributed by atoms with Crippen LogP contribution in [-0.2, 0) is 0 Å². The zero-order valence-electron chi connectivity index (χ0n) is 18.7. The Labute approximate surface area is 188 Å². The third kappa shape index (κ3) is 4.72. The summed E-state index contributed by atoms with van der Waals surface area (Å²) >= 11 is 0. The van der Waals surface area contributed by atoms with E-state index < -0.39 is 5.82 Å². The lowest BCUT2D eigenvalue weighted by Gasteiger charge is -2.21. The van der Waals surface area contributed by atoms with Crippen molar-refractivity contribution in [2.45, 2.75) is 63.5 Å². The van der Waals surface area contributed by atoms with Crippen LogP contribution in [0.5, 0.6) is 5.75 Å². The Bertz CT molecular complexity index is 923. The zero-order chi connectivity index (χ0) is 21.9. The van der Waals surface area contributed by atoms with Gasteiger partial charge in [-0.2, -0.15) is 15.0 Å². The van der Waals surface area contributed by atoms with Crippen molar-refractivity contribution < 1.29 is 9.13 Å². The molecule has 2 N–H and O–H groups in total. The summed E-state index contributed by atoms with van der Waals surface area (Å²) in [5.41, 5.74) is 0.572. The number of fused-ring (bicyclic) bond motifs is 1. The SMILES string of the molecule is COc1ccc(Nc2nc(NC3CCCCCC3)nc(N3CC4CCCN4C3)n2)cc1F. The van der Waals surface area contributed by atoms with Crippen LogP contribution in [0.1, 0.15) is 51.4 Å². The smallest absolute Gasteiger partial charge is 0.233 e. The predicted octanol–water partition coefficient (Wildman–Crippen LogP) is 4.14. The van der Waals surface area contributed by atoms with Gasteiger partial charge in [0, 0.05) is 36.9 Å². The number of halogens is 1. The Kier molecular flexibility index (Phi) is 6.25. The normalized spacial score (nSPS) is 21.9. The minimum atomic E-state index is -0.427. The Hall–Kier alpha value is -2.68. The van der Waals surface area contributed by atoms with Crippen LogP contribution in [0.25, 0.3) is 0 Å². The number of nitrogens with one attached hydrogen (secondary N) is 2. The summed E-state index contributed by atoms with van der Waals surface area (Å²) in [7, 11) is 1.46. The molecule has 3 aliphatic rings. The summed E-state index contributed by atoms with van der Waals surface area (Å²) in [6.45, 7) is 2.91. The number of aromatic nitrogens is 3. The van der Waals surface area contributed by atoms with E-state index in [1.165, 1.54) is 51.7 Å². The van der Waals surface area contributed by atoms with E-state index in [0.29, 0.717) is 35.6 Å². The topological polar surface area (TPSA) is 78.4 Å². The van der Waals surface area contributed by atoms with Crippen LogP contribution in [0.2, 0.25) is 0 Å². The third-order valence-corrected chi connectivity index (χ3v) is 6.79. The van der Waals surface area contributed by atoms with E-state index in [-0.39, 0.29) is 5.75 Å². The van der Waals surface area contributed by atoms with Crippen molar-refractivity contribution in [3.05, 3.63) is 24.0 Å². The molecule has 0 bridgehead atoms. The summed E-state index contributed by atoms with van der Waals surface area (Å²) < 4.78 is 19.2. The molecule has 3 heterocycles.